The number of nitrogens with zero attached hydrogens (tertiary/aromatic N) is 3. The van der Waals surface area contributed by atoms with Gasteiger partial charge in [0.15, 0.2) is 0 Å². The first kappa shape index (κ1) is 11.4. The molecule has 1 aromatic heterocycles. The van der Waals surface area contributed by atoms with Gasteiger partial charge < -0.3 is 15.2 Å². The van der Waals surface area contributed by atoms with E-state index in [-0.39, 0.29) is 0 Å². The molecule has 90 valence electrons. The zero-order chi connectivity index (χ0) is 11.5. The summed E-state index contributed by atoms with van der Waals surface area (Å²) in [5, 5.41) is 3.95. The molecule has 0 atom stereocenters. The van der Waals surface area contributed by atoms with Crippen molar-refractivity contribution in [2.24, 2.45) is 11.7 Å². The molecule has 0 aliphatic heterocycles. The minimum absolute atomic E-state index is 0.434. The van der Waals surface area contributed by atoms with E-state index in [1.807, 2.05) is 19.0 Å². The number of anilines is 1. The molecule has 0 saturated heterocycles. The number of nitrogens with two attached hydrogens (primary N) is 1. The molecule has 0 amide bonds. The van der Waals surface area contributed by atoms with E-state index in [1.54, 1.807) is 0 Å². The van der Waals surface area contributed by atoms with E-state index in [0.29, 0.717) is 17.8 Å². The minimum atomic E-state index is 0.434. The maximum atomic E-state index is 5.67. The van der Waals surface area contributed by atoms with Crippen LogP contribution in [0.3, 0.4) is 0 Å². The molecule has 2 N–H and O–H groups in total. The van der Waals surface area contributed by atoms with Crippen molar-refractivity contribution in [3.63, 3.8) is 0 Å². The van der Waals surface area contributed by atoms with Crippen LogP contribution < -0.4 is 10.6 Å². The molecule has 0 aromatic carbocycles. The zero-order valence-electron chi connectivity index (χ0n) is 10.0. The van der Waals surface area contributed by atoms with Crippen molar-refractivity contribution in [1.29, 1.82) is 0 Å². The van der Waals surface area contributed by atoms with Gasteiger partial charge in [-0.15, -0.1) is 0 Å². The number of hydrogen-bond acceptors (Lipinski definition) is 5. The lowest BCUT2D eigenvalue weighted by atomic mass is 9.82. The molecule has 5 nitrogen and oxygen atoms in total. The predicted molar refractivity (Wildman–Crippen MR) is 62.4 cm³/mol. The summed E-state index contributed by atoms with van der Waals surface area (Å²) in [7, 11) is 3.83. The largest absolute Gasteiger partial charge is 0.344 e. The summed E-state index contributed by atoms with van der Waals surface area (Å²) in [6.45, 7) is 0.805. The van der Waals surface area contributed by atoms with Crippen LogP contribution in [0, 0.1) is 5.92 Å². The number of hydrogen-bond donors (Lipinski definition) is 1. The average Bonchev–Trinajstić information content (AvgIpc) is 2.78. The van der Waals surface area contributed by atoms with Gasteiger partial charge in [-0.3, -0.25) is 0 Å². The van der Waals surface area contributed by atoms with E-state index in [4.69, 9.17) is 10.3 Å². The molecular formula is C11H20N4O. The van der Waals surface area contributed by atoms with E-state index >= 15 is 0 Å². The fraction of sp³-hybridized carbons (Fsp3) is 0.818. The molecule has 0 unspecified atom stereocenters. The summed E-state index contributed by atoms with van der Waals surface area (Å²) in [6, 6.07) is 0. The van der Waals surface area contributed by atoms with E-state index in [9.17, 15) is 0 Å². The molecular weight excluding hydrogens is 204 g/mol. The second kappa shape index (κ2) is 4.82. The Bertz CT molecular complexity index is 328. The Morgan fingerprint density at radius 2 is 2.00 bits per heavy atom. The van der Waals surface area contributed by atoms with Gasteiger partial charge in [-0.1, -0.05) is 0 Å². The smallest absolute Gasteiger partial charge is 0.265 e. The van der Waals surface area contributed by atoms with Crippen molar-refractivity contribution in [3.05, 3.63) is 5.89 Å². The van der Waals surface area contributed by atoms with Gasteiger partial charge in [0.25, 0.3) is 5.95 Å². The fourth-order valence-electron chi connectivity index (χ4n) is 2.22. The van der Waals surface area contributed by atoms with Gasteiger partial charge in [-0.2, -0.15) is 4.98 Å². The summed E-state index contributed by atoms with van der Waals surface area (Å²) < 4.78 is 5.30. The third-order valence-corrected chi connectivity index (χ3v) is 3.36. The van der Waals surface area contributed by atoms with Gasteiger partial charge in [-0.25, -0.2) is 0 Å². The van der Waals surface area contributed by atoms with Crippen molar-refractivity contribution in [2.45, 2.75) is 31.6 Å². The van der Waals surface area contributed by atoms with Gasteiger partial charge in [-0.05, 0) is 43.3 Å². The van der Waals surface area contributed by atoms with E-state index in [0.717, 1.165) is 25.3 Å². The van der Waals surface area contributed by atoms with Crippen LogP contribution in [0.1, 0.15) is 37.5 Å². The SMILES string of the molecule is CN(C)c1noc(C2CCC(CN)CC2)n1. The van der Waals surface area contributed by atoms with Crippen LogP contribution in [0.4, 0.5) is 5.95 Å². The van der Waals surface area contributed by atoms with Gasteiger partial charge in [0.1, 0.15) is 0 Å². The van der Waals surface area contributed by atoms with Crippen molar-refractivity contribution >= 4 is 5.95 Å². The standard InChI is InChI=1S/C11H20N4O/c1-15(2)11-13-10(16-14-11)9-5-3-8(7-12)4-6-9/h8-9H,3-7,12H2,1-2H3. The summed E-state index contributed by atoms with van der Waals surface area (Å²) in [5.74, 6) is 2.58. The van der Waals surface area contributed by atoms with E-state index in [1.165, 1.54) is 12.8 Å². The van der Waals surface area contributed by atoms with Crippen LogP contribution in [-0.4, -0.2) is 30.8 Å². The monoisotopic (exact) mass is 224 g/mol. The molecule has 0 radical (unpaired) electrons. The Labute approximate surface area is 96.0 Å². The normalized spacial score (nSPS) is 25.7. The van der Waals surface area contributed by atoms with E-state index in [2.05, 4.69) is 10.1 Å². The molecule has 2 rings (SSSR count). The Kier molecular flexibility index (Phi) is 3.43. The van der Waals surface area contributed by atoms with Crippen LogP contribution in [-0.2, 0) is 0 Å². The van der Waals surface area contributed by atoms with Crippen LogP contribution in [0.25, 0.3) is 0 Å². The van der Waals surface area contributed by atoms with Gasteiger partial charge in [0.2, 0.25) is 5.89 Å². The first-order valence-electron chi connectivity index (χ1n) is 5.91. The highest BCUT2D eigenvalue weighted by Gasteiger charge is 2.25. The Balaban J connectivity index is 1.97. The molecule has 1 aliphatic rings. The minimum Gasteiger partial charge on any atom is -0.344 e. The Morgan fingerprint density at radius 3 is 2.50 bits per heavy atom. The molecule has 5 heteroatoms. The molecule has 1 fully saturated rings. The maximum absolute atomic E-state index is 5.67. The van der Waals surface area contributed by atoms with E-state index < -0.39 is 0 Å². The summed E-state index contributed by atoms with van der Waals surface area (Å²) in [5.41, 5.74) is 5.67. The summed E-state index contributed by atoms with van der Waals surface area (Å²) in [4.78, 5) is 6.26. The first-order valence-corrected chi connectivity index (χ1v) is 5.91. The first-order chi connectivity index (χ1) is 7.70. The summed E-state index contributed by atoms with van der Waals surface area (Å²) in [6.07, 6.45) is 4.61. The average molecular weight is 224 g/mol. The van der Waals surface area contributed by atoms with Gasteiger partial charge in [0.05, 0.1) is 0 Å². The second-order valence-corrected chi connectivity index (χ2v) is 4.78. The van der Waals surface area contributed by atoms with Crippen molar-refractivity contribution < 1.29 is 4.52 Å². The molecule has 1 heterocycles. The van der Waals surface area contributed by atoms with Crippen LogP contribution in [0.5, 0.6) is 0 Å². The zero-order valence-corrected chi connectivity index (χ0v) is 10.0. The van der Waals surface area contributed by atoms with Crippen molar-refractivity contribution in [3.8, 4) is 0 Å². The Hall–Kier alpha value is -1.10. The quantitative estimate of drug-likeness (QED) is 0.839. The molecule has 0 bridgehead atoms. The highest BCUT2D eigenvalue weighted by Crippen LogP contribution is 2.34. The number of rotatable bonds is 3. The summed E-state index contributed by atoms with van der Waals surface area (Å²) >= 11 is 0. The molecule has 1 aromatic rings. The Morgan fingerprint density at radius 1 is 1.31 bits per heavy atom. The predicted octanol–water partition coefficient (Wildman–Crippen LogP) is 1.37. The third-order valence-electron chi connectivity index (χ3n) is 3.36. The maximum Gasteiger partial charge on any atom is 0.265 e. The second-order valence-electron chi connectivity index (χ2n) is 4.78. The lowest BCUT2D eigenvalue weighted by Crippen LogP contribution is -2.20. The van der Waals surface area contributed by atoms with Crippen LogP contribution in [0.15, 0.2) is 4.52 Å². The van der Waals surface area contributed by atoms with Crippen LogP contribution in [0.2, 0.25) is 0 Å². The molecule has 0 spiro atoms. The molecule has 1 saturated carbocycles. The topological polar surface area (TPSA) is 68.2 Å². The third kappa shape index (κ3) is 2.35. The highest BCUT2D eigenvalue weighted by molar-refractivity contribution is 5.24. The molecule has 16 heavy (non-hydrogen) atoms. The lowest BCUT2D eigenvalue weighted by molar-refractivity contribution is 0.274. The van der Waals surface area contributed by atoms with Crippen molar-refractivity contribution in [2.75, 3.05) is 25.5 Å². The van der Waals surface area contributed by atoms with Crippen molar-refractivity contribution in [1.82, 2.24) is 10.1 Å². The highest BCUT2D eigenvalue weighted by atomic mass is 16.5. The van der Waals surface area contributed by atoms with Crippen LogP contribution >= 0.6 is 0 Å². The number of aromatic nitrogens is 2. The van der Waals surface area contributed by atoms with Gasteiger partial charge in [0, 0.05) is 20.0 Å². The molecule has 1 aliphatic carbocycles. The fourth-order valence-corrected chi connectivity index (χ4v) is 2.22. The lowest BCUT2D eigenvalue weighted by Gasteiger charge is -2.24. The van der Waals surface area contributed by atoms with Gasteiger partial charge >= 0.3 is 0 Å².